The fraction of sp³-hybridized carbons (Fsp3) is 1.00. The topological polar surface area (TPSA) is 75.4 Å². The second-order valence-electron chi connectivity index (χ2n) is 6.43. The van der Waals surface area contributed by atoms with E-state index in [2.05, 4.69) is 26.2 Å². The molecular formula is C13H29N3O2S. The highest BCUT2D eigenvalue weighted by Gasteiger charge is 2.32. The smallest absolute Gasteiger partial charge is 0.211 e. The van der Waals surface area contributed by atoms with Crippen LogP contribution in [0.4, 0.5) is 0 Å². The van der Waals surface area contributed by atoms with Crippen LogP contribution in [0.1, 0.15) is 46.5 Å². The highest BCUT2D eigenvalue weighted by atomic mass is 32.2. The zero-order valence-corrected chi connectivity index (χ0v) is 13.5. The van der Waals surface area contributed by atoms with E-state index in [1.54, 1.807) is 4.31 Å². The Kier molecular flexibility index (Phi) is 5.79. The van der Waals surface area contributed by atoms with Gasteiger partial charge in [0, 0.05) is 19.1 Å². The van der Waals surface area contributed by atoms with Crippen LogP contribution in [-0.4, -0.2) is 38.1 Å². The molecule has 6 heteroatoms. The zero-order valence-electron chi connectivity index (χ0n) is 12.6. The summed E-state index contributed by atoms with van der Waals surface area (Å²) in [5.74, 6) is 6.09. The standard InChI is InChI=1S/C13H29N3O2S/c1-5-13(2,3)12(15-14)9-11-7-6-8-16(10-11)19(4,17)18/h11-12,15H,5-10,14H2,1-4H3. The molecule has 0 spiro atoms. The number of sulfonamides is 1. The van der Waals surface area contributed by atoms with Crippen molar-refractivity contribution in [2.45, 2.75) is 52.5 Å². The minimum absolute atomic E-state index is 0.127. The van der Waals surface area contributed by atoms with Gasteiger partial charge in [-0.2, -0.15) is 0 Å². The molecule has 1 aliphatic heterocycles. The van der Waals surface area contributed by atoms with E-state index >= 15 is 0 Å². The van der Waals surface area contributed by atoms with Crippen LogP contribution in [0.5, 0.6) is 0 Å². The lowest BCUT2D eigenvalue weighted by molar-refractivity contribution is 0.166. The second-order valence-corrected chi connectivity index (χ2v) is 8.41. The monoisotopic (exact) mass is 291 g/mol. The molecular weight excluding hydrogens is 262 g/mol. The predicted molar refractivity (Wildman–Crippen MR) is 78.9 cm³/mol. The molecule has 0 radical (unpaired) electrons. The fourth-order valence-electron chi connectivity index (χ4n) is 2.71. The van der Waals surface area contributed by atoms with Crippen LogP contribution in [-0.2, 0) is 10.0 Å². The van der Waals surface area contributed by atoms with E-state index in [9.17, 15) is 8.42 Å². The van der Waals surface area contributed by atoms with Crippen molar-refractivity contribution in [2.24, 2.45) is 17.2 Å². The number of piperidine rings is 1. The number of rotatable bonds is 6. The lowest BCUT2D eigenvalue weighted by Gasteiger charge is -2.38. The molecule has 0 aromatic heterocycles. The second kappa shape index (κ2) is 6.52. The van der Waals surface area contributed by atoms with E-state index in [4.69, 9.17) is 5.84 Å². The number of nitrogens with zero attached hydrogens (tertiary/aromatic N) is 1. The Balaban J connectivity index is 2.66. The first-order valence-electron chi connectivity index (χ1n) is 7.12. The van der Waals surface area contributed by atoms with Gasteiger partial charge in [0.15, 0.2) is 0 Å². The number of hydrogen-bond acceptors (Lipinski definition) is 4. The van der Waals surface area contributed by atoms with Gasteiger partial charge in [-0.1, -0.05) is 20.8 Å². The molecule has 1 aliphatic rings. The van der Waals surface area contributed by atoms with Crippen molar-refractivity contribution in [1.29, 1.82) is 0 Å². The van der Waals surface area contributed by atoms with Crippen molar-refractivity contribution >= 4 is 10.0 Å². The Labute approximate surface area is 117 Å². The first kappa shape index (κ1) is 16.9. The van der Waals surface area contributed by atoms with Gasteiger partial charge in [0.05, 0.1) is 6.26 Å². The Morgan fingerprint density at radius 1 is 1.47 bits per heavy atom. The van der Waals surface area contributed by atoms with Crippen LogP contribution in [0.25, 0.3) is 0 Å². The minimum atomic E-state index is -3.06. The zero-order chi connectivity index (χ0) is 14.7. The Morgan fingerprint density at radius 3 is 2.58 bits per heavy atom. The first-order chi connectivity index (χ1) is 8.70. The molecule has 19 heavy (non-hydrogen) atoms. The predicted octanol–water partition coefficient (Wildman–Crippen LogP) is 1.32. The number of nitrogens with two attached hydrogens (primary N) is 1. The molecule has 114 valence electrons. The van der Waals surface area contributed by atoms with Gasteiger partial charge in [0.2, 0.25) is 10.0 Å². The van der Waals surface area contributed by atoms with Crippen molar-refractivity contribution in [3.63, 3.8) is 0 Å². The van der Waals surface area contributed by atoms with E-state index in [0.717, 1.165) is 25.7 Å². The van der Waals surface area contributed by atoms with Gasteiger partial charge in [0.1, 0.15) is 0 Å². The van der Waals surface area contributed by atoms with E-state index < -0.39 is 10.0 Å². The SMILES string of the molecule is CCC(C)(C)C(CC1CCCN(S(C)(=O)=O)C1)NN. The molecule has 2 unspecified atom stereocenters. The molecule has 1 rings (SSSR count). The van der Waals surface area contributed by atoms with Gasteiger partial charge in [-0.25, -0.2) is 12.7 Å². The Morgan fingerprint density at radius 2 is 2.11 bits per heavy atom. The van der Waals surface area contributed by atoms with E-state index in [0.29, 0.717) is 19.0 Å². The minimum Gasteiger partial charge on any atom is -0.271 e. The van der Waals surface area contributed by atoms with E-state index in [1.165, 1.54) is 6.26 Å². The van der Waals surface area contributed by atoms with Gasteiger partial charge in [-0.3, -0.25) is 11.3 Å². The van der Waals surface area contributed by atoms with Gasteiger partial charge < -0.3 is 0 Å². The lowest BCUT2D eigenvalue weighted by Crippen LogP contribution is -2.48. The number of hydrazine groups is 1. The molecule has 0 saturated carbocycles. The average molecular weight is 291 g/mol. The maximum absolute atomic E-state index is 11.6. The molecule has 3 N–H and O–H groups in total. The van der Waals surface area contributed by atoms with Gasteiger partial charge >= 0.3 is 0 Å². The summed E-state index contributed by atoms with van der Waals surface area (Å²) in [5, 5.41) is 0. The molecule has 0 aromatic carbocycles. The van der Waals surface area contributed by atoms with E-state index in [-0.39, 0.29) is 11.5 Å². The highest BCUT2D eigenvalue weighted by molar-refractivity contribution is 7.88. The molecule has 1 heterocycles. The Hall–Kier alpha value is -0.170. The van der Waals surface area contributed by atoms with Crippen molar-refractivity contribution in [1.82, 2.24) is 9.73 Å². The quantitative estimate of drug-likeness (QED) is 0.571. The average Bonchev–Trinajstić information content (AvgIpc) is 2.35. The fourth-order valence-corrected chi connectivity index (χ4v) is 3.66. The van der Waals surface area contributed by atoms with Crippen molar-refractivity contribution in [3.8, 4) is 0 Å². The third-order valence-corrected chi connectivity index (χ3v) is 5.85. The summed E-state index contributed by atoms with van der Waals surface area (Å²) in [7, 11) is -3.06. The van der Waals surface area contributed by atoms with Crippen LogP contribution in [0.15, 0.2) is 0 Å². The van der Waals surface area contributed by atoms with Gasteiger partial charge in [-0.15, -0.1) is 0 Å². The molecule has 1 saturated heterocycles. The maximum Gasteiger partial charge on any atom is 0.211 e. The summed E-state index contributed by atoms with van der Waals surface area (Å²) in [6.07, 6.45) is 5.31. The van der Waals surface area contributed by atoms with Crippen LogP contribution < -0.4 is 11.3 Å². The third-order valence-electron chi connectivity index (χ3n) is 4.58. The molecule has 5 nitrogen and oxygen atoms in total. The largest absolute Gasteiger partial charge is 0.271 e. The van der Waals surface area contributed by atoms with Crippen molar-refractivity contribution in [3.05, 3.63) is 0 Å². The number of nitrogens with one attached hydrogen (secondary N) is 1. The first-order valence-corrected chi connectivity index (χ1v) is 8.96. The lowest BCUT2D eigenvalue weighted by atomic mass is 9.77. The summed E-state index contributed by atoms with van der Waals surface area (Å²) in [6.45, 7) is 7.86. The van der Waals surface area contributed by atoms with Crippen molar-refractivity contribution in [2.75, 3.05) is 19.3 Å². The normalized spacial score (nSPS) is 24.4. The number of hydrogen-bond donors (Lipinski definition) is 2. The molecule has 0 bridgehead atoms. The molecule has 1 fully saturated rings. The van der Waals surface area contributed by atoms with Gasteiger partial charge in [-0.05, 0) is 37.0 Å². The van der Waals surface area contributed by atoms with Crippen LogP contribution in [0.2, 0.25) is 0 Å². The Bertz CT molecular complexity index is 381. The highest BCUT2D eigenvalue weighted by Crippen LogP contribution is 2.31. The third kappa shape index (κ3) is 4.70. The maximum atomic E-state index is 11.6. The van der Waals surface area contributed by atoms with Crippen LogP contribution in [0.3, 0.4) is 0 Å². The molecule has 2 atom stereocenters. The summed E-state index contributed by atoms with van der Waals surface area (Å²) in [4.78, 5) is 0. The van der Waals surface area contributed by atoms with Gasteiger partial charge in [0.25, 0.3) is 0 Å². The van der Waals surface area contributed by atoms with Crippen LogP contribution >= 0.6 is 0 Å². The molecule has 0 amide bonds. The van der Waals surface area contributed by atoms with E-state index in [1.807, 2.05) is 0 Å². The van der Waals surface area contributed by atoms with Crippen molar-refractivity contribution < 1.29 is 8.42 Å². The van der Waals surface area contributed by atoms with Crippen LogP contribution in [0, 0.1) is 11.3 Å². The summed E-state index contributed by atoms with van der Waals surface area (Å²) >= 11 is 0. The molecule has 0 aromatic rings. The summed E-state index contributed by atoms with van der Waals surface area (Å²) < 4.78 is 24.9. The molecule has 0 aliphatic carbocycles. The summed E-state index contributed by atoms with van der Waals surface area (Å²) in [6, 6.07) is 0.224. The summed E-state index contributed by atoms with van der Waals surface area (Å²) in [5.41, 5.74) is 3.05.